The number of fused-ring (bicyclic) bond motifs is 1. The van der Waals surface area contributed by atoms with E-state index < -0.39 is 5.66 Å². The number of hydrogen-bond donors (Lipinski definition) is 2. The summed E-state index contributed by atoms with van der Waals surface area (Å²) in [6.07, 6.45) is 2.80. The summed E-state index contributed by atoms with van der Waals surface area (Å²) in [4.78, 5) is 26.7. The number of piperidine rings is 1. The van der Waals surface area contributed by atoms with Crippen molar-refractivity contribution < 1.29 is 14.0 Å². The van der Waals surface area contributed by atoms with Crippen LogP contribution in [0.2, 0.25) is 0 Å². The van der Waals surface area contributed by atoms with Gasteiger partial charge in [-0.15, -0.1) is 0 Å². The van der Waals surface area contributed by atoms with Crippen molar-refractivity contribution in [1.29, 1.82) is 0 Å². The zero-order valence-corrected chi connectivity index (χ0v) is 13.5. The number of hydrogen-bond acceptors (Lipinski definition) is 4. The molecule has 2 amide bonds. The number of nitrogens with zero attached hydrogens (tertiary/aromatic N) is 1. The van der Waals surface area contributed by atoms with Gasteiger partial charge < -0.3 is 20.0 Å². The Balaban J connectivity index is 1.51. The van der Waals surface area contributed by atoms with E-state index in [1.54, 1.807) is 17.0 Å². The van der Waals surface area contributed by atoms with Gasteiger partial charge in [0, 0.05) is 31.6 Å². The van der Waals surface area contributed by atoms with Gasteiger partial charge in [0.1, 0.15) is 5.66 Å². The third-order valence-corrected chi connectivity index (χ3v) is 4.86. The number of nitrogens with one attached hydrogen (secondary N) is 2. The molecule has 3 heterocycles. The van der Waals surface area contributed by atoms with E-state index in [-0.39, 0.29) is 11.8 Å². The monoisotopic (exact) mass is 325 g/mol. The molecule has 2 aliphatic rings. The van der Waals surface area contributed by atoms with Crippen LogP contribution >= 0.6 is 0 Å². The van der Waals surface area contributed by atoms with E-state index in [0.29, 0.717) is 37.3 Å². The lowest BCUT2D eigenvalue weighted by molar-refractivity contribution is 0.0611. The molecule has 1 spiro atoms. The van der Waals surface area contributed by atoms with E-state index in [2.05, 4.69) is 10.6 Å². The fourth-order valence-electron chi connectivity index (χ4n) is 3.54. The fraction of sp³-hybridized carbons (Fsp3) is 0.333. The van der Waals surface area contributed by atoms with Crippen molar-refractivity contribution in [3.8, 4) is 0 Å². The molecule has 1 aromatic carbocycles. The Morgan fingerprint density at radius 1 is 1.17 bits per heavy atom. The number of aryl methyl sites for hydroxylation is 1. The summed E-state index contributed by atoms with van der Waals surface area (Å²) < 4.78 is 5.19. The second kappa shape index (κ2) is 5.40. The Hall–Kier alpha value is -2.76. The normalized spacial score (nSPS) is 18.7. The lowest BCUT2D eigenvalue weighted by atomic mass is 9.91. The molecule has 2 aromatic rings. The van der Waals surface area contributed by atoms with Crippen LogP contribution in [0.15, 0.2) is 41.0 Å². The first-order chi connectivity index (χ1) is 11.6. The molecule has 6 heteroatoms. The maximum Gasteiger partial charge on any atom is 0.289 e. The molecule has 24 heavy (non-hydrogen) atoms. The third kappa shape index (κ3) is 2.35. The Morgan fingerprint density at radius 2 is 1.96 bits per heavy atom. The molecule has 1 aromatic heterocycles. The maximum absolute atomic E-state index is 12.5. The van der Waals surface area contributed by atoms with Gasteiger partial charge in [0.25, 0.3) is 11.8 Å². The van der Waals surface area contributed by atoms with Gasteiger partial charge in [0.15, 0.2) is 5.76 Å². The van der Waals surface area contributed by atoms with Crippen LogP contribution in [0.4, 0.5) is 5.69 Å². The summed E-state index contributed by atoms with van der Waals surface area (Å²) in [6.45, 7) is 3.06. The molecule has 4 rings (SSSR count). The minimum Gasteiger partial charge on any atom is -0.459 e. The Labute approximate surface area is 139 Å². The third-order valence-electron chi connectivity index (χ3n) is 4.86. The average molecular weight is 325 g/mol. The van der Waals surface area contributed by atoms with Crippen LogP contribution in [0.3, 0.4) is 0 Å². The predicted molar refractivity (Wildman–Crippen MR) is 88.8 cm³/mol. The number of carbonyl (C=O) groups is 2. The number of likely N-dealkylation sites (tertiary alicyclic amines) is 1. The van der Waals surface area contributed by atoms with Crippen molar-refractivity contribution in [3.63, 3.8) is 0 Å². The number of carbonyl (C=O) groups excluding carboxylic acids is 2. The average Bonchev–Trinajstić information content (AvgIpc) is 3.09. The van der Waals surface area contributed by atoms with E-state index in [4.69, 9.17) is 4.42 Å². The number of furan rings is 1. The van der Waals surface area contributed by atoms with E-state index in [0.717, 1.165) is 11.3 Å². The summed E-state index contributed by atoms with van der Waals surface area (Å²) >= 11 is 0. The van der Waals surface area contributed by atoms with Crippen molar-refractivity contribution in [2.75, 3.05) is 18.4 Å². The summed E-state index contributed by atoms with van der Waals surface area (Å²) in [6, 6.07) is 9.20. The van der Waals surface area contributed by atoms with E-state index in [1.807, 2.05) is 25.1 Å². The van der Waals surface area contributed by atoms with Gasteiger partial charge in [-0.05, 0) is 30.7 Å². The minimum absolute atomic E-state index is 0.0485. The van der Waals surface area contributed by atoms with E-state index in [1.165, 1.54) is 6.26 Å². The Kier molecular flexibility index (Phi) is 3.33. The quantitative estimate of drug-likeness (QED) is 0.844. The van der Waals surface area contributed by atoms with Crippen LogP contribution in [0, 0.1) is 6.92 Å². The van der Waals surface area contributed by atoms with Gasteiger partial charge in [-0.1, -0.05) is 12.1 Å². The first-order valence-corrected chi connectivity index (χ1v) is 8.11. The molecule has 0 unspecified atom stereocenters. The second-order valence-electron chi connectivity index (χ2n) is 6.43. The fourth-order valence-corrected chi connectivity index (χ4v) is 3.54. The van der Waals surface area contributed by atoms with Gasteiger partial charge in [-0.25, -0.2) is 0 Å². The number of benzene rings is 1. The van der Waals surface area contributed by atoms with Crippen molar-refractivity contribution in [2.24, 2.45) is 0 Å². The van der Waals surface area contributed by atoms with Gasteiger partial charge in [0.2, 0.25) is 0 Å². The van der Waals surface area contributed by atoms with Gasteiger partial charge in [0.05, 0.1) is 11.8 Å². The maximum atomic E-state index is 12.5. The highest BCUT2D eigenvalue weighted by Crippen LogP contribution is 2.33. The Morgan fingerprint density at radius 3 is 2.67 bits per heavy atom. The van der Waals surface area contributed by atoms with Crippen LogP contribution in [-0.2, 0) is 0 Å². The van der Waals surface area contributed by atoms with Crippen LogP contribution in [0.25, 0.3) is 0 Å². The summed E-state index contributed by atoms with van der Waals surface area (Å²) in [5.74, 6) is 0.202. The standard InChI is InChI=1S/C18H19N3O3/c1-12-4-2-5-13-15(12)16(22)20-18(19-13)7-9-21(10-8-18)17(23)14-6-3-11-24-14/h2-6,11,19H,7-10H2,1H3,(H,20,22). The molecule has 0 saturated carbocycles. The molecule has 1 saturated heterocycles. The summed E-state index contributed by atoms with van der Waals surface area (Å²) in [5.41, 5.74) is 2.04. The van der Waals surface area contributed by atoms with Crippen molar-refractivity contribution in [1.82, 2.24) is 10.2 Å². The van der Waals surface area contributed by atoms with Crippen LogP contribution < -0.4 is 10.6 Å². The largest absolute Gasteiger partial charge is 0.459 e. The van der Waals surface area contributed by atoms with E-state index in [9.17, 15) is 9.59 Å². The van der Waals surface area contributed by atoms with Crippen LogP contribution in [-0.4, -0.2) is 35.5 Å². The Bertz CT molecular complexity index is 790. The predicted octanol–water partition coefficient (Wildman–Crippen LogP) is 2.38. The van der Waals surface area contributed by atoms with Crippen LogP contribution in [0.5, 0.6) is 0 Å². The summed E-state index contributed by atoms with van der Waals surface area (Å²) in [5, 5.41) is 6.60. The molecular weight excluding hydrogens is 306 g/mol. The molecule has 0 atom stereocenters. The van der Waals surface area contributed by atoms with Crippen LogP contribution in [0.1, 0.15) is 39.3 Å². The number of anilines is 1. The van der Waals surface area contributed by atoms with Crippen molar-refractivity contribution in [3.05, 3.63) is 53.5 Å². The molecule has 1 fully saturated rings. The number of rotatable bonds is 1. The molecule has 0 bridgehead atoms. The molecule has 124 valence electrons. The van der Waals surface area contributed by atoms with Gasteiger partial charge in [-0.2, -0.15) is 0 Å². The highest BCUT2D eigenvalue weighted by molar-refractivity contribution is 6.03. The number of amides is 2. The highest BCUT2D eigenvalue weighted by Gasteiger charge is 2.41. The van der Waals surface area contributed by atoms with Crippen molar-refractivity contribution >= 4 is 17.5 Å². The minimum atomic E-state index is -0.488. The first-order valence-electron chi connectivity index (χ1n) is 8.11. The highest BCUT2D eigenvalue weighted by atomic mass is 16.3. The zero-order chi connectivity index (χ0) is 16.7. The molecule has 6 nitrogen and oxygen atoms in total. The van der Waals surface area contributed by atoms with E-state index >= 15 is 0 Å². The van der Waals surface area contributed by atoms with Crippen molar-refractivity contribution in [2.45, 2.75) is 25.4 Å². The van der Waals surface area contributed by atoms with Gasteiger partial charge >= 0.3 is 0 Å². The molecular formula is C18H19N3O3. The first kappa shape index (κ1) is 14.8. The summed E-state index contributed by atoms with van der Waals surface area (Å²) in [7, 11) is 0. The smallest absolute Gasteiger partial charge is 0.289 e. The second-order valence-corrected chi connectivity index (χ2v) is 6.43. The zero-order valence-electron chi connectivity index (χ0n) is 13.5. The lowest BCUT2D eigenvalue weighted by Gasteiger charge is -2.46. The molecule has 0 aliphatic carbocycles. The van der Waals surface area contributed by atoms with Gasteiger partial charge in [-0.3, -0.25) is 9.59 Å². The lowest BCUT2D eigenvalue weighted by Crippen LogP contribution is -2.62. The molecule has 2 aliphatic heterocycles. The SMILES string of the molecule is Cc1cccc2c1C(=O)NC1(CCN(C(=O)c3ccco3)CC1)N2. The molecule has 2 N–H and O–H groups in total. The molecule has 0 radical (unpaired) electrons. The topological polar surface area (TPSA) is 74.6 Å².